The number of hydrogen-bond acceptors (Lipinski definition) is 5. The van der Waals surface area contributed by atoms with E-state index in [-0.39, 0.29) is 18.5 Å². The number of methoxy groups -OCH3 is 1. The Morgan fingerprint density at radius 2 is 1.71 bits per heavy atom. The summed E-state index contributed by atoms with van der Waals surface area (Å²) in [5.41, 5.74) is 3.02. The van der Waals surface area contributed by atoms with Crippen molar-refractivity contribution in [2.24, 2.45) is 0 Å². The summed E-state index contributed by atoms with van der Waals surface area (Å²) in [6, 6.07) is 25.2. The maximum absolute atomic E-state index is 12.3. The van der Waals surface area contributed by atoms with Crippen molar-refractivity contribution in [1.29, 1.82) is 0 Å². The highest BCUT2D eigenvalue weighted by Crippen LogP contribution is 2.22. The number of para-hydroxylation sites is 1. The molecule has 0 spiro atoms. The average molecular weight is 414 g/mol. The molecule has 3 aromatic carbocycles. The molecule has 7 heteroatoms. The van der Waals surface area contributed by atoms with Crippen molar-refractivity contribution in [2.45, 2.75) is 6.42 Å². The molecule has 0 bridgehead atoms. The number of hydrogen-bond donors (Lipinski definition) is 2. The lowest BCUT2D eigenvalue weighted by molar-refractivity contribution is -0.118. The number of anilines is 1. The molecule has 7 nitrogen and oxygen atoms in total. The van der Waals surface area contributed by atoms with Gasteiger partial charge in [0, 0.05) is 12.0 Å². The summed E-state index contributed by atoms with van der Waals surface area (Å²) in [6.45, 7) is -0.141. The summed E-state index contributed by atoms with van der Waals surface area (Å²) >= 11 is 0. The number of ether oxygens (including phenoxy) is 2. The molecule has 0 aliphatic rings. The largest absolute Gasteiger partial charge is 0.497 e. The second-order valence-electron chi connectivity index (χ2n) is 6.84. The normalized spacial score (nSPS) is 10.5. The Balaban J connectivity index is 1.35. The van der Waals surface area contributed by atoms with Crippen LogP contribution in [0.25, 0.3) is 11.4 Å². The topological polar surface area (TPSA) is 89.1 Å². The summed E-state index contributed by atoms with van der Waals surface area (Å²) in [4.78, 5) is 16.6. The quantitative estimate of drug-likeness (QED) is 0.453. The van der Waals surface area contributed by atoms with Crippen LogP contribution in [0, 0.1) is 0 Å². The highest BCUT2D eigenvalue weighted by molar-refractivity contribution is 5.90. The number of aromatic amines is 1. The van der Waals surface area contributed by atoms with Gasteiger partial charge in [-0.15, -0.1) is 5.10 Å². The van der Waals surface area contributed by atoms with E-state index >= 15 is 0 Å². The van der Waals surface area contributed by atoms with Crippen LogP contribution in [0.15, 0.2) is 78.9 Å². The molecular formula is C24H22N4O3. The molecule has 0 radical (unpaired) electrons. The van der Waals surface area contributed by atoms with Crippen LogP contribution in [0.1, 0.15) is 11.1 Å². The number of amides is 1. The van der Waals surface area contributed by atoms with Gasteiger partial charge in [-0.1, -0.05) is 48.5 Å². The Bertz CT molecular complexity index is 1140. The molecule has 0 saturated heterocycles. The predicted octanol–water partition coefficient (Wildman–Crippen LogP) is 4.09. The second kappa shape index (κ2) is 9.58. The van der Waals surface area contributed by atoms with E-state index in [0.29, 0.717) is 11.6 Å². The van der Waals surface area contributed by atoms with Crippen LogP contribution in [-0.2, 0) is 11.2 Å². The van der Waals surface area contributed by atoms with Gasteiger partial charge in [0.1, 0.15) is 11.5 Å². The van der Waals surface area contributed by atoms with Crippen LogP contribution in [0.2, 0.25) is 0 Å². The molecule has 4 rings (SSSR count). The van der Waals surface area contributed by atoms with Gasteiger partial charge >= 0.3 is 0 Å². The molecule has 0 unspecified atom stereocenters. The van der Waals surface area contributed by atoms with Crippen molar-refractivity contribution in [1.82, 2.24) is 15.2 Å². The molecule has 0 aliphatic carbocycles. The molecule has 0 saturated carbocycles. The Labute approximate surface area is 180 Å². The van der Waals surface area contributed by atoms with Gasteiger partial charge in [-0.05, 0) is 41.5 Å². The van der Waals surface area contributed by atoms with Crippen molar-refractivity contribution in [3.8, 4) is 22.9 Å². The van der Waals surface area contributed by atoms with E-state index in [9.17, 15) is 4.79 Å². The number of rotatable bonds is 8. The fourth-order valence-electron chi connectivity index (χ4n) is 3.11. The van der Waals surface area contributed by atoms with E-state index in [4.69, 9.17) is 9.47 Å². The van der Waals surface area contributed by atoms with Crippen LogP contribution in [-0.4, -0.2) is 34.8 Å². The van der Waals surface area contributed by atoms with E-state index < -0.39 is 0 Å². The van der Waals surface area contributed by atoms with Crippen molar-refractivity contribution in [2.75, 3.05) is 19.0 Å². The lowest BCUT2D eigenvalue weighted by Gasteiger charge is -2.11. The van der Waals surface area contributed by atoms with Gasteiger partial charge < -0.3 is 9.47 Å². The summed E-state index contributed by atoms with van der Waals surface area (Å²) in [7, 11) is 1.61. The van der Waals surface area contributed by atoms with E-state index in [1.807, 2.05) is 66.7 Å². The van der Waals surface area contributed by atoms with Crippen LogP contribution < -0.4 is 14.8 Å². The Hall–Kier alpha value is -4.13. The van der Waals surface area contributed by atoms with Gasteiger partial charge in [-0.3, -0.25) is 15.2 Å². The number of H-pyrrole nitrogens is 1. The first-order valence-corrected chi connectivity index (χ1v) is 9.82. The van der Waals surface area contributed by atoms with Gasteiger partial charge in [0.15, 0.2) is 12.4 Å². The van der Waals surface area contributed by atoms with E-state index in [0.717, 1.165) is 23.3 Å². The molecule has 0 aliphatic heterocycles. The van der Waals surface area contributed by atoms with Gasteiger partial charge in [0.2, 0.25) is 5.95 Å². The van der Waals surface area contributed by atoms with Crippen LogP contribution >= 0.6 is 0 Å². The molecule has 1 heterocycles. The highest BCUT2D eigenvalue weighted by atomic mass is 16.5. The molecule has 1 amide bonds. The minimum atomic E-state index is -0.338. The molecule has 2 N–H and O–H groups in total. The maximum Gasteiger partial charge on any atom is 0.264 e. The fraction of sp³-hybridized carbons (Fsp3) is 0.125. The first kappa shape index (κ1) is 20.2. The van der Waals surface area contributed by atoms with Gasteiger partial charge in [-0.25, -0.2) is 0 Å². The Morgan fingerprint density at radius 1 is 0.968 bits per heavy atom. The third-order valence-electron chi connectivity index (χ3n) is 4.67. The molecule has 4 aromatic rings. The average Bonchev–Trinajstić information content (AvgIpc) is 3.27. The molecular weight excluding hydrogens is 392 g/mol. The minimum Gasteiger partial charge on any atom is -0.497 e. The molecule has 1 aromatic heterocycles. The van der Waals surface area contributed by atoms with Crippen LogP contribution in [0.3, 0.4) is 0 Å². The number of carbonyl (C=O) groups excluding carboxylic acids is 1. The van der Waals surface area contributed by atoms with Gasteiger partial charge in [0.05, 0.1) is 7.11 Å². The predicted molar refractivity (Wildman–Crippen MR) is 118 cm³/mol. The van der Waals surface area contributed by atoms with Gasteiger partial charge in [-0.2, -0.15) is 4.98 Å². The number of aromatic nitrogens is 3. The third-order valence-corrected chi connectivity index (χ3v) is 4.67. The smallest absolute Gasteiger partial charge is 0.264 e. The summed E-state index contributed by atoms with van der Waals surface area (Å²) in [6.07, 6.45) is 0.727. The fourth-order valence-corrected chi connectivity index (χ4v) is 3.11. The SMILES string of the molecule is COc1ccc(-c2nc(NC(=O)COc3ccccc3Cc3ccccc3)n[nH]2)cc1. The zero-order valence-electron chi connectivity index (χ0n) is 17.0. The third kappa shape index (κ3) is 5.27. The van der Waals surface area contributed by atoms with E-state index in [1.165, 1.54) is 5.56 Å². The highest BCUT2D eigenvalue weighted by Gasteiger charge is 2.11. The summed E-state index contributed by atoms with van der Waals surface area (Å²) in [5, 5.41) is 9.52. The van der Waals surface area contributed by atoms with Gasteiger partial charge in [0.25, 0.3) is 5.91 Å². The van der Waals surface area contributed by atoms with E-state index in [1.54, 1.807) is 7.11 Å². The number of nitrogens with one attached hydrogen (secondary N) is 2. The number of nitrogens with zero attached hydrogens (tertiary/aromatic N) is 2. The molecule has 0 fully saturated rings. The lowest BCUT2D eigenvalue weighted by atomic mass is 10.0. The number of carbonyl (C=O) groups is 1. The lowest BCUT2D eigenvalue weighted by Crippen LogP contribution is -2.21. The second-order valence-corrected chi connectivity index (χ2v) is 6.84. The molecule has 0 atom stereocenters. The maximum atomic E-state index is 12.3. The van der Waals surface area contributed by atoms with Crippen molar-refractivity contribution < 1.29 is 14.3 Å². The summed E-state index contributed by atoms with van der Waals surface area (Å²) in [5.74, 6) is 1.83. The molecule has 156 valence electrons. The minimum absolute atomic E-state index is 0.141. The van der Waals surface area contributed by atoms with Crippen molar-refractivity contribution in [3.05, 3.63) is 90.0 Å². The molecule has 31 heavy (non-hydrogen) atoms. The zero-order valence-corrected chi connectivity index (χ0v) is 17.0. The first-order chi connectivity index (χ1) is 15.2. The number of benzene rings is 3. The summed E-state index contributed by atoms with van der Waals surface area (Å²) < 4.78 is 10.9. The van der Waals surface area contributed by atoms with Crippen LogP contribution in [0.4, 0.5) is 5.95 Å². The Morgan fingerprint density at radius 3 is 2.48 bits per heavy atom. The monoisotopic (exact) mass is 414 g/mol. The van der Waals surface area contributed by atoms with Crippen molar-refractivity contribution >= 4 is 11.9 Å². The van der Waals surface area contributed by atoms with Crippen molar-refractivity contribution in [3.63, 3.8) is 0 Å². The van der Waals surface area contributed by atoms with Crippen LogP contribution in [0.5, 0.6) is 11.5 Å². The Kier molecular flexibility index (Phi) is 6.23. The first-order valence-electron chi connectivity index (χ1n) is 9.82. The standard InChI is InChI=1S/C24H22N4O3/c1-30-20-13-11-18(12-14-20)23-26-24(28-27-23)25-22(29)16-31-21-10-6-5-9-19(21)15-17-7-3-2-4-8-17/h2-14H,15-16H2,1H3,(H2,25,26,27,28,29). The zero-order chi connectivity index (χ0) is 21.5. The van der Waals surface area contributed by atoms with E-state index in [2.05, 4.69) is 32.6 Å².